The molecule has 2 rings (SSSR count). The molecule has 1 unspecified atom stereocenters. The number of nitrogens with zero attached hydrogens (tertiary/aromatic N) is 1. The maximum absolute atomic E-state index is 13.3. The molecule has 0 bridgehead atoms. The zero-order valence-electron chi connectivity index (χ0n) is 11.9. The summed E-state index contributed by atoms with van der Waals surface area (Å²) in [5.41, 5.74) is 0.704. The molecule has 1 N–H and O–H groups in total. The lowest BCUT2D eigenvalue weighted by molar-refractivity contribution is 0.281. The molecule has 1 aromatic rings. The Morgan fingerprint density at radius 1 is 1.20 bits per heavy atom. The van der Waals surface area contributed by atoms with Crippen LogP contribution in [0.3, 0.4) is 0 Å². The van der Waals surface area contributed by atoms with E-state index in [1.807, 2.05) is 18.7 Å². The number of hydrogen-bond donors (Lipinski definition) is 1. The van der Waals surface area contributed by atoms with E-state index in [-0.39, 0.29) is 6.04 Å². The van der Waals surface area contributed by atoms with Gasteiger partial charge < -0.3 is 10.2 Å². The van der Waals surface area contributed by atoms with E-state index in [1.54, 1.807) is 0 Å². The first kappa shape index (κ1) is 15.7. The van der Waals surface area contributed by atoms with Crippen LogP contribution in [0.25, 0.3) is 0 Å². The normalized spacial score (nSPS) is 18.1. The first-order valence-electron chi connectivity index (χ1n) is 7.18. The predicted molar refractivity (Wildman–Crippen MR) is 81.2 cm³/mol. The quantitative estimate of drug-likeness (QED) is 0.869. The lowest BCUT2D eigenvalue weighted by Crippen LogP contribution is -2.35. The number of halogens is 2. The Balaban J connectivity index is 1.98. The van der Waals surface area contributed by atoms with E-state index in [0.717, 1.165) is 38.7 Å². The van der Waals surface area contributed by atoms with Crippen molar-refractivity contribution < 1.29 is 8.78 Å². The van der Waals surface area contributed by atoms with Crippen molar-refractivity contribution in [3.05, 3.63) is 35.4 Å². The average Bonchev–Trinajstić information content (AvgIpc) is 2.43. The van der Waals surface area contributed by atoms with Crippen molar-refractivity contribution in [3.8, 4) is 0 Å². The van der Waals surface area contributed by atoms with Gasteiger partial charge in [0.05, 0.1) is 0 Å². The van der Waals surface area contributed by atoms with Gasteiger partial charge in [0.15, 0.2) is 0 Å². The van der Waals surface area contributed by atoms with E-state index < -0.39 is 11.6 Å². The fourth-order valence-corrected chi connectivity index (χ4v) is 3.52. The van der Waals surface area contributed by atoms with Gasteiger partial charge in [0.2, 0.25) is 0 Å². The van der Waals surface area contributed by atoms with E-state index >= 15 is 0 Å². The molecule has 112 valence electrons. The van der Waals surface area contributed by atoms with Crippen LogP contribution < -0.4 is 5.32 Å². The molecule has 20 heavy (non-hydrogen) atoms. The minimum atomic E-state index is -0.503. The summed E-state index contributed by atoms with van der Waals surface area (Å²) in [7, 11) is 0. The van der Waals surface area contributed by atoms with Gasteiger partial charge in [-0.3, -0.25) is 0 Å². The van der Waals surface area contributed by atoms with Gasteiger partial charge in [-0.25, -0.2) is 8.78 Å². The molecular formula is C15H22F2N2S. The molecule has 5 heteroatoms. The second-order valence-electron chi connectivity index (χ2n) is 5.06. The first-order valence-corrected chi connectivity index (χ1v) is 8.34. The lowest BCUT2D eigenvalue weighted by Gasteiger charge is -2.28. The summed E-state index contributed by atoms with van der Waals surface area (Å²) in [4.78, 5) is 2.43. The van der Waals surface area contributed by atoms with Crippen molar-refractivity contribution in [1.82, 2.24) is 10.2 Å². The zero-order chi connectivity index (χ0) is 14.4. The summed E-state index contributed by atoms with van der Waals surface area (Å²) < 4.78 is 26.7. The fourth-order valence-electron chi connectivity index (χ4n) is 2.55. The molecule has 0 aromatic heterocycles. The van der Waals surface area contributed by atoms with Crippen molar-refractivity contribution in [2.75, 3.05) is 37.7 Å². The summed E-state index contributed by atoms with van der Waals surface area (Å²) in [5, 5.41) is 3.33. The highest BCUT2D eigenvalue weighted by atomic mass is 32.2. The molecule has 0 spiro atoms. The van der Waals surface area contributed by atoms with Gasteiger partial charge in [-0.05, 0) is 30.7 Å². The fraction of sp³-hybridized carbons (Fsp3) is 0.600. The third kappa shape index (κ3) is 4.72. The van der Waals surface area contributed by atoms with Crippen molar-refractivity contribution >= 4 is 11.8 Å². The highest BCUT2D eigenvalue weighted by Crippen LogP contribution is 2.20. The molecule has 1 aliphatic heterocycles. The summed E-state index contributed by atoms with van der Waals surface area (Å²) in [6.07, 6.45) is 0.876. The summed E-state index contributed by atoms with van der Waals surface area (Å²) >= 11 is 1.99. The van der Waals surface area contributed by atoms with Crippen LogP contribution in [0.1, 0.15) is 24.9 Å². The monoisotopic (exact) mass is 300 g/mol. The summed E-state index contributed by atoms with van der Waals surface area (Å²) in [5.74, 6) is 1.36. The van der Waals surface area contributed by atoms with Gasteiger partial charge >= 0.3 is 0 Å². The Morgan fingerprint density at radius 2 is 1.85 bits per heavy atom. The van der Waals surface area contributed by atoms with Gasteiger partial charge in [-0.1, -0.05) is 6.92 Å². The van der Waals surface area contributed by atoms with Crippen molar-refractivity contribution in [2.24, 2.45) is 0 Å². The number of thioether (sulfide) groups is 1. The SMILES string of the molecule is CCNC(CCN1CCSCC1)c1cc(F)cc(F)c1. The molecule has 1 fully saturated rings. The van der Waals surface area contributed by atoms with E-state index in [9.17, 15) is 8.78 Å². The third-order valence-corrected chi connectivity index (χ3v) is 4.52. The molecule has 2 nitrogen and oxygen atoms in total. The van der Waals surface area contributed by atoms with Crippen molar-refractivity contribution in [2.45, 2.75) is 19.4 Å². The number of nitrogens with one attached hydrogen (secondary N) is 1. The molecule has 1 aliphatic rings. The molecule has 1 atom stereocenters. The maximum Gasteiger partial charge on any atom is 0.126 e. The Bertz CT molecular complexity index is 402. The number of rotatable bonds is 6. The largest absolute Gasteiger partial charge is 0.310 e. The molecule has 0 aliphatic carbocycles. The third-order valence-electron chi connectivity index (χ3n) is 3.58. The van der Waals surface area contributed by atoms with Gasteiger partial charge in [0.1, 0.15) is 11.6 Å². The topological polar surface area (TPSA) is 15.3 Å². The Labute approximate surface area is 123 Å². The molecule has 1 heterocycles. The minimum Gasteiger partial charge on any atom is -0.310 e. The highest BCUT2D eigenvalue weighted by molar-refractivity contribution is 7.99. The Morgan fingerprint density at radius 3 is 2.45 bits per heavy atom. The maximum atomic E-state index is 13.3. The van der Waals surface area contributed by atoms with Gasteiger partial charge in [-0.15, -0.1) is 0 Å². The molecule has 0 saturated carbocycles. The molecule has 1 saturated heterocycles. The molecule has 0 amide bonds. The van der Waals surface area contributed by atoms with Crippen LogP contribution in [0.2, 0.25) is 0 Å². The van der Waals surface area contributed by atoms with Gasteiger partial charge in [-0.2, -0.15) is 11.8 Å². The standard InChI is InChI=1S/C15H22F2N2S/c1-2-18-15(3-4-19-5-7-20-8-6-19)12-9-13(16)11-14(17)10-12/h9-11,15,18H,2-8H2,1H3. The van der Waals surface area contributed by atoms with Crippen LogP contribution in [0.15, 0.2) is 18.2 Å². The van der Waals surface area contributed by atoms with E-state index in [1.165, 1.54) is 23.6 Å². The number of hydrogen-bond acceptors (Lipinski definition) is 3. The molecular weight excluding hydrogens is 278 g/mol. The molecule has 0 radical (unpaired) electrons. The predicted octanol–water partition coefficient (Wildman–Crippen LogP) is 3.05. The van der Waals surface area contributed by atoms with Crippen LogP contribution >= 0.6 is 11.8 Å². The van der Waals surface area contributed by atoms with Crippen LogP contribution in [0, 0.1) is 11.6 Å². The summed E-state index contributed by atoms with van der Waals surface area (Å²) in [6, 6.07) is 3.80. The van der Waals surface area contributed by atoms with Crippen LogP contribution in [0.4, 0.5) is 8.78 Å². The van der Waals surface area contributed by atoms with Crippen LogP contribution in [-0.2, 0) is 0 Å². The van der Waals surface area contributed by atoms with E-state index in [2.05, 4.69) is 10.2 Å². The highest BCUT2D eigenvalue weighted by Gasteiger charge is 2.16. The second-order valence-corrected chi connectivity index (χ2v) is 6.28. The number of benzene rings is 1. The minimum absolute atomic E-state index is 0.0137. The summed E-state index contributed by atoms with van der Waals surface area (Å²) in [6.45, 7) is 6.00. The van der Waals surface area contributed by atoms with Crippen molar-refractivity contribution in [1.29, 1.82) is 0 Å². The second kappa shape index (κ2) is 7.96. The van der Waals surface area contributed by atoms with Crippen LogP contribution in [-0.4, -0.2) is 42.6 Å². The van der Waals surface area contributed by atoms with Crippen molar-refractivity contribution in [3.63, 3.8) is 0 Å². The Hall–Kier alpha value is -0.650. The van der Waals surface area contributed by atoms with Gasteiger partial charge in [0.25, 0.3) is 0 Å². The van der Waals surface area contributed by atoms with Crippen LogP contribution in [0.5, 0.6) is 0 Å². The van der Waals surface area contributed by atoms with Gasteiger partial charge in [0, 0.05) is 43.2 Å². The first-order chi connectivity index (χ1) is 9.69. The zero-order valence-corrected chi connectivity index (χ0v) is 12.7. The molecule has 1 aromatic carbocycles. The Kier molecular flexibility index (Phi) is 6.26. The van der Waals surface area contributed by atoms with E-state index in [0.29, 0.717) is 5.56 Å². The van der Waals surface area contributed by atoms with E-state index in [4.69, 9.17) is 0 Å². The lowest BCUT2D eigenvalue weighted by atomic mass is 10.0. The average molecular weight is 300 g/mol. The smallest absolute Gasteiger partial charge is 0.126 e.